The van der Waals surface area contributed by atoms with Crippen LogP contribution >= 0.6 is 0 Å². The number of urea groups is 1. The minimum Gasteiger partial charge on any atom is -0.860 e. The number of nitrogens with zero attached hydrogens (tertiary/aromatic N) is 2. The van der Waals surface area contributed by atoms with Crippen molar-refractivity contribution in [2.24, 2.45) is 0 Å². The molecule has 15 heteroatoms. The van der Waals surface area contributed by atoms with Crippen LogP contribution in [0.5, 0.6) is 5.75 Å². The number of amides is 2. The Morgan fingerprint density at radius 3 is 2.57 bits per heavy atom. The molecule has 1 N–H and O–H groups in total. The number of fused-ring (bicyclic) bond motifs is 4. The molecule has 1 aromatic rings. The largest absolute Gasteiger partial charge is 1.00 e. The first-order valence-corrected chi connectivity index (χ1v) is 9.40. The van der Waals surface area contributed by atoms with E-state index >= 15 is 0 Å². The number of hydroxylamine groups is 2. The van der Waals surface area contributed by atoms with Gasteiger partial charge in [-0.25, -0.2) is 13.2 Å². The molecule has 1 saturated heterocycles. The van der Waals surface area contributed by atoms with Gasteiger partial charge in [0.15, 0.2) is 6.79 Å². The van der Waals surface area contributed by atoms with Gasteiger partial charge < -0.3 is 34.2 Å². The van der Waals surface area contributed by atoms with E-state index in [1.807, 2.05) is 0 Å². The number of benzene rings is 1. The molecule has 3 rings (SSSR count). The molecule has 12 nitrogen and oxygen atoms in total. The molecule has 2 heterocycles. The van der Waals surface area contributed by atoms with Crippen LogP contribution in [0.1, 0.15) is 23.2 Å². The average molecular weight is 461 g/mol. The predicted molar refractivity (Wildman–Crippen MR) is 87.7 cm³/mol. The van der Waals surface area contributed by atoms with E-state index in [1.165, 1.54) is 25.3 Å². The van der Waals surface area contributed by atoms with Crippen LogP contribution in [0.3, 0.4) is 0 Å². The van der Waals surface area contributed by atoms with Gasteiger partial charge in [0.25, 0.3) is 0 Å². The fraction of sp³-hybridized carbons (Fsp3) is 0.467. The third-order valence-electron chi connectivity index (χ3n) is 4.27. The van der Waals surface area contributed by atoms with E-state index < -0.39 is 34.4 Å². The number of hydrogen-bond donors (Lipinski definition) is 1. The smallest absolute Gasteiger partial charge is 0.860 e. The molecule has 0 saturated carbocycles. The summed E-state index contributed by atoms with van der Waals surface area (Å²) in [6.07, 6.45) is 0. The summed E-state index contributed by atoms with van der Waals surface area (Å²) in [4.78, 5) is 13.4. The standard InChI is InChI=1S/C15H19N3O9S.2Na/c1-24-4-5-25-8-26-9-2-3-10-11(6-9)12-7-17(13(10)14(16)19)15(20)18(12)27-28(21,22)23;;/h2-3,6,12-13H,4-5,7-8H2,1H3,(H2,16,19)(H,21,22,23);;/q;2*+1/p-2/t12-,13+;;/m0../s1. The summed E-state index contributed by atoms with van der Waals surface area (Å²) >= 11 is 0. The molecule has 0 radical (unpaired) electrons. The van der Waals surface area contributed by atoms with Crippen LogP contribution in [0, 0.1) is 5.41 Å². The topological polar surface area (TPSA) is 165 Å². The maximum Gasteiger partial charge on any atom is 1.00 e. The number of nitrogens with one attached hydrogen (secondary N) is 1. The Morgan fingerprint density at radius 2 is 1.97 bits per heavy atom. The molecule has 2 aliphatic heterocycles. The van der Waals surface area contributed by atoms with Gasteiger partial charge in [-0.05, 0) is 29.2 Å². The maximum atomic E-state index is 12.4. The molecule has 154 valence electrons. The monoisotopic (exact) mass is 461 g/mol. The first-order valence-electron chi connectivity index (χ1n) is 8.07. The third kappa shape index (κ3) is 6.07. The summed E-state index contributed by atoms with van der Waals surface area (Å²) in [7, 11) is -3.69. The number of carbonyl (C=O) groups excluding carboxylic acids is 1. The fourth-order valence-electron chi connectivity index (χ4n) is 3.16. The van der Waals surface area contributed by atoms with Gasteiger partial charge in [0.2, 0.25) is 10.4 Å². The van der Waals surface area contributed by atoms with Crippen molar-refractivity contribution in [1.82, 2.24) is 9.96 Å². The van der Waals surface area contributed by atoms with E-state index in [0.717, 1.165) is 4.90 Å². The van der Waals surface area contributed by atoms with Crippen LogP contribution in [-0.4, -0.2) is 68.5 Å². The van der Waals surface area contributed by atoms with Crippen LogP contribution in [0.15, 0.2) is 18.2 Å². The Labute approximate surface area is 217 Å². The number of ether oxygens (including phenoxy) is 3. The molecule has 0 spiro atoms. The zero-order valence-corrected chi connectivity index (χ0v) is 21.5. The van der Waals surface area contributed by atoms with Crippen molar-refractivity contribution in [2.75, 3.05) is 33.7 Å². The SMILES string of the molecule is COCCOCOc1ccc2c(c1)[C@@H]1CN(C(=O)N1OS(=O)(=O)[O-])[C@H]2C(=N)[O-].[Na+].[Na+]. The van der Waals surface area contributed by atoms with Gasteiger partial charge in [0, 0.05) is 7.11 Å². The van der Waals surface area contributed by atoms with E-state index in [0.29, 0.717) is 35.2 Å². The summed E-state index contributed by atoms with van der Waals surface area (Å²) < 4.78 is 52.7. The molecule has 2 aliphatic rings. The third-order valence-corrected chi connectivity index (χ3v) is 4.61. The van der Waals surface area contributed by atoms with Gasteiger partial charge in [-0.15, -0.1) is 0 Å². The van der Waals surface area contributed by atoms with Gasteiger partial charge in [-0.3, -0.25) is 0 Å². The summed E-state index contributed by atoms with van der Waals surface area (Å²) in [5.41, 5.74) is 0.664. The molecular weight excluding hydrogens is 444 g/mol. The van der Waals surface area contributed by atoms with E-state index in [2.05, 4.69) is 4.28 Å². The Morgan fingerprint density at radius 1 is 1.27 bits per heavy atom. The van der Waals surface area contributed by atoms with Crippen LogP contribution < -0.4 is 69.0 Å². The van der Waals surface area contributed by atoms with E-state index in [-0.39, 0.29) is 72.5 Å². The van der Waals surface area contributed by atoms with Crippen molar-refractivity contribution < 1.29 is 100 Å². The van der Waals surface area contributed by atoms with Gasteiger partial charge >= 0.3 is 65.1 Å². The fourth-order valence-corrected chi connectivity index (χ4v) is 3.53. The molecule has 1 fully saturated rings. The van der Waals surface area contributed by atoms with Crippen molar-refractivity contribution in [3.05, 3.63) is 29.3 Å². The van der Waals surface area contributed by atoms with Gasteiger partial charge in [0.05, 0.1) is 25.8 Å². The summed E-state index contributed by atoms with van der Waals surface area (Å²) in [5.74, 6) is -0.735. The molecular formula is C15H17N3Na2O9S. The Bertz CT molecular complexity index is 886. The number of methoxy groups -OCH3 is 1. The van der Waals surface area contributed by atoms with Crippen LogP contribution in [-0.2, 0) is 24.2 Å². The van der Waals surface area contributed by atoms with Gasteiger partial charge in [-0.2, -0.15) is 9.35 Å². The molecule has 0 unspecified atom stereocenters. The molecule has 2 bridgehead atoms. The van der Waals surface area contributed by atoms with Crippen molar-refractivity contribution >= 4 is 22.3 Å². The number of rotatable bonds is 9. The van der Waals surface area contributed by atoms with E-state index in [9.17, 15) is 22.9 Å². The number of hydrogen-bond acceptors (Lipinski definition) is 10. The van der Waals surface area contributed by atoms with Crippen LogP contribution in [0.2, 0.25) is 0 Å². The van der Waals surface area contributed by atoms with Crippen molar-refractivity contribution in [3.8, 4) is 5.75 Å². The summed E-state index contributed by atoms with van der Waals surface area (Å²) in [5, 5.41) is 19.7. The van der Waals surface area contributed by atoms with Crippen LogP contribution in [0.4, 0.5) is 4.79 Å². The molecule has 0 aromatic heterocycles. The number of carbonyl (C=O) groups is 1. The van der Waals surface area contributed by atoms with E-state index in [1.54, 1.807) is 0 Å². The summed E-state index contributed by atoms with van der Waals surface area (Å²) in [6.45, 7) is 0.487. The molecule has 2 atom stereocenters. The zero-order chi connectivity index (χ0) is 20.5. The van der Waals surface area contributed by atoms with Gasteiger partial charge in [-0.1, -0.05) is 6.07 Å². The average Bonchev–Trinajstić information content (AvgIpc) is 2.87. The molecule has 0 aliphatic carbocycles. The van der Waals surface area contributed by atoms with Crippen LogP contribution in [0.25, 0.3) is 0 Å². The van der Waals surface area contributed by atoms with Crippen molar-refractivity contribution in [3.63, 3.8) is 0 Å². The predicted octanol–water partition coefficient (Wildman–Crippen LogP) is -6.74. The summed E-state index contributed by atoms with van der Waals surface area (Å²) in [6, 6.07) is 1.32. The Hall–Kier alpha value is -0.450. The zero-order valence-electron chi connectivity index (χ0n) is 16.7. The Kier molecular flexibility index (Phi) is 10.5. The van der Waals surface area contributed by atoms with Crippen molar-refractivity contribution in [1.29, 1.82) is 5.41 Å². The first-order chi connectivity index (χ1) is 13.2. The minimum atomic E-state index is -5.22. The second kappa shape index (κ2) is 11.4. The first kappa shape index (κ1) is 27.6. The molecule has 2 amide bonds. The maximum absolute atomic E-state index is 12.4. The normalized spacial score (nSPS) is 19.6. The quantitative estimate of drug-likeness (QED) is 0.0716. The van der Waals surface area contributed by atoms with E-state index in [4.69, 9.17) is 19.6 Å². The Balaban J connectivity index is 0.00000225. The van der Waals surface area contributed by atoms with Gasteiger partial charge in [0.1, 0.15) is 11.8 Å². The molecule has 1 aromatic carbocycles. The van der Waals surface area contributed by atoms with Crippen molar-refractivity contribution in [2.45, 2.75) is 12.1 Å². The minimum absolute atomic E-state index is 0. The molecule has 30 heavy (non-hydrogen) atoms. The second-order valence-electron chi connectivity index (χ2n) is 5.98. The second-order valence-corrected chi connectivity index (χ2v) is 6.95.